The Labute approximate surface area is 152 Å². The van der Waals surface area contributed by atoms with Crippen molar-refractivity contribution in [2.75, 3.05) is 35.5 Å². The van der Waals surface area contributed by atoms with Crippen LogP contribution in [0.2, 0.25) is 0 Å². The van der Waals surface area contributed by atoms with Gasteiger partial charge in [0.05, 0.1) is 53.0 Å². The zero-order valence-corrected chi connectivity index (χ0v) is 15.5. The highest BCUT2D eigenvalue weighted by atomic mass is 16.5. The second-order valence-electron chi connectivity index (χ2n) is 5.58. The first-order chi connectivity index (χ1) is 12.6. The predicted octanol–water partition coefficient (Wildman–Crippen LogP) is 3.13. The molecule has 0 aliphatic rings. The summed E-state index contributed by atoms with van der Waals surface area (Å²) in [5.74, 6) is 3.15. The predicted molar refractivity (Wildman–Crippen MR) is 98.0 cm³/mol. The van der Waals surface area contributed by atoms with Gasteiger partial charge in [0.25, 0.3) is 0 Å². The summed E-state index contributed by atoms with van der Waals surface area (Å²) in [5, 5.41) is 5.42. The molecule has 0 saturated carbocycles. The summed E-state index contributed by atoms with van der Waals surface area (Å²) in [6.45, 7) is 0.537. The van der Waals surface area contributed by atoms with Gasteiger partial charge in [0.2, 0.25) is 5.88 Å². The van der Waals surface area contributed by atoms with E-state index in [1.54, 1.807) is 35.5 Å². The monoisotopic (exact) mass is 358 g/mol. The molecule has 0 atom stereocenters. The van der Waals surface area contributed by atoms with Gasteiger partial charge in [-0.2, -0.15) is 0 Å². The van der Waals surface area contributed by atoms with Crippen LogP contribution in [0.15, 0.2) is 30.3 Å². The first-order valence-electron chi connectivity index (χ1n) is 8.02. The fraction of sp³-hybridized carbons (Fsp3) is 0.316. The summed E-state index contributed by atoms with van der Waals surface area (Å²) in [5.41, 5.74) is 1.90. The number of aromatic nitrogens is 2. The summed E-state index contributed by atoms with van der Waals surface area (Å²) in [4.78, 5) is 0. The second kappa shape index (κ2) is 7.43. The average Bonchev–Trinajstić information content (AvgIpc) is 3.03. The Balaban J connectivity index is 2.07. The van der Waals surface area contributed by atoms with Gasteiger partial charge in [0, 0.05) is 6.07 Å². The van der Waals surface area contributed by atoms with Gasteiger partial charge in [-0.25, -0.2) is 0 Å². The standard InChI is InChI=1S/C19H22N2O5/c1-22-15-7-6-12(8-16(15)23-2)11-21-14-10-18(25-4)17(24-3)9-13(14)19(20-21)26-5/h6-10H,11H2,1-5H3. The Morgan fingerprint density at radius 1 is 0.731 bits per heavy atom. The third-order valence-electron chi connectivity index (χ3n) is 4.20. The van der Waals surface area contributed by atoms with E-state index in [1.807, 2.05) is 35.0 Å². The van der Waals surface area contributed by atoms with Crippen molar-refractivity contribution in [2.24, 2.45) is 0 Å². The molecule has 3 rings (SSSR count). The van der Waals surface area contributed by atoms with Crippen molar-refractivity contribution in [2.45, 2.75) is 6.54 Å². The normalized spacial score (nSPS) is 10.7. The van der Waals surface area contributed by atoms with E-state index in [0.29, 0.717) is 35.4 Å². The number of benzene rings is 2. The van der Waals surface area contributed by atoms with E-state index in [9.17, 15) is 0 Å². The first kappa shape index (κ1) is 17.7. The molecule has 3 aromatic rings. The van der Waals surface area contributed by atoms with Crippen molar-refractivity contribution in [1.29, 1.82) is 0 Å². The lowest BCUT2D eigenvalue weighted by Gasteiger charge is -2.11. The van der Waals surface area contributed by atoms with E-state index >= 15 is 0 Å². The molecular formula is C19H22N2O5. The molecule has 0 aliphatic carbocycles. The smallest absolute Gasteiger partial charge is 0.240 e. The summed E-state index contributed by atoms with van der Waals surface area (Å²) in [6.07, 6.45) is 0. The molecule has 2 aromatic carbocycles. The Hall–Kier alpha value is -3.09. The van der Waals surface area contributed by atoms with E-state index in [4.69, 9.17) is 23.7 Å². The lowest BCUT2D eigenvalue weighted by molar-refractivity contribution is 0.354. The van der Waals surface area contributed by atoms with Gasteiger partial charge < -0.3 is 23.7 Å². The molecule has 26 heavy (non-hydrogen) atoms. The molecule has 0 saturated heterocycles. The third kappa shape index (κ3) is 3.08. The maximum atomic E-state index is 5.43. The molecule has 1 heterocycles. The molecule has 0 aliphatic heterocycles. The fourth-order valence-electron chi connectivity index (χ4n) is 2.89. The van der Waals surface area contributed by atoms with Crippen LogP contribution in [0.4, 0.5) is 0 Å². The fourth-order valence-corrected chi connectivity index (χ4v) is 2.89. The van der Waals surface area contributed by atoms with Crippen LogP contribution in [0, 0.1) is 0 Å². The summed E-state index contributed by atoms with van der Waals surface area (Å²) >= 11 is 0. The number of hydrogen-bond acceptors (Lipinski definition) is 6. The molecule has 1 aromatic heterocycles. The number of ether oxygens (including phenoxy) is 5. The topological polar surface area (TPSA) is 64.0 Å². The van der Waals surface area contributed by atoms with E-state index in [2.05, 4.69) is 5.10 Å². The number of rotatable bonds is 7. The number of fused-ring (bicyclic) bond motifs is 1. The molecule has 0 amide bonds. The maximum absolute atomic E-state index is 5.43. The van der Waals surface area contributed by atoms with Gasteiger partial charge in [-0.3, -0.25) is 4.68 Å². The van der Waals surface area contributed by atoms with Crippen LogP contribution in [0.5, 0.6) is 28.9 Å². The highest BCUT2D eigenvalue weighted by Gasteiger charge is 2.16. The molecule has 138 valence electrons. The highest BCUT2D eigenvalue weighted by Crippen LogP contribution is 2.36. The van der Waals surface area contributed by atoms with Crippen LogP contribution < -0.4 is 23.7 Å². The molecule has 0 bridgehead atoms. The van der Waals surface area contributed by atoms with Crippen LogP contribution in [0.3, 0.4) is 0 Å². The van der Waals surface area contributed by atoms with Crippen LogP contribution >= 0.6 is 0 Å². The van der Waals surface area contributed by atoms with Crippen molar-refractivity contribution < 1.29 is 23.7 Å². The van der Waals surface area contributed by atoms with Gasteiger partial charge in [-0.05, 0) is 23.8 Å². The van der Waals surface area contributed by atoms with Crippen molar-refractivity contribution in [3.8, 4) is 28.9 Å². The number of methoxy groups -OCH3 is 5. The van der Waals surface area contributed by atoms with E-state index in [0.717, 1.165) is 16.5 Å². The van der Waals surface area contributed by atoms with Gasteiger partial charge in [-0.1, -0.05) is 6.07 Å². The zero-order valence-electron chi connectivity index (χ0n) is 15.5. The Morgan fingerprint density at radius 2 is 1.35 bits per heavy atom. The molecular weight excluding hydrogens is 336 g/mol. The molecule has 0 spiro atoms. The van der Waals surface area contributed by atoms with Crippen LogP contribution in [-0.2, 0) is 6.54 Å². The molecule has 0 radical (unpaired) electrons. The van der Waals surface area contributed by atoms with Gasteiger partial charge in [0.15, 0.2) is 23.0 Å². The third-order valence-corrected chi connectivity index (χ3v) is 4.20. The Kier molecular flexibility index (Phi) is 5.06. The maximum Gasteiger partial charge on any atom is 0.240 e. The minimum absolute atomic E-state index is 0.529. The number of nitrogens with zero attached hydrogens (tertiary/aromatic N) is 2. The minimum Gasteiger partial charge on any atom is -0.493 e. The highest BCUT2D eigenvalue weighted by molar-refractivity contribution is 5.88. The first-order valence-corrected chi connectivity index (χ1v) is 8.02. The summed E-state index contributed by atoms with van der Waals surface area (Å²) < 4.78 is 28.8. The van der Waals surface area contributed by atoms with E-state index < -0.39 is 0 Å². The molecule has 7 nitrogen and oxygen atoms in total. The van der Waals surface area contributed by atoms with Crippen molar-refractivity contribution in [3.63, 3.8) is 0 Å². The quantitative estimate of drug-likeness (QED) is 0.647. The van der Waals surface area contributed by atoms with Crippen LogP contribution in [-0.4, -0.2) is 45.3 Å². The van der Waals surface area contributed by atoms with Crippen LogP contribution in [0.1, 0.15) is 5.56 Å². The lowest BCUT2D eigenvalue weighted by Crippen LogP contribution is -2.03. The minimum atomic E-state index is 0.529. The SMILES string of the molecule is COc1ccc(Cn2nc(OC)c3cc(OC)c(OC)cc32)cc1OC. The molecule has 0 N–H and O–H groups in total. The van der Waals surface area contributed by atoms with Crippen molar-refractivity contribution >= 4 is 10.9 Å². The van der Waals surface area contributed by atoms with Gasteiger partial charge >= 0.3 is 0 Å². The van der Waals surface area contributed by atoms with Gasteiger partial charge in [0.1, 0.15) is 0 Å². The lowest BCUT2D eigenvalue weighted by atomic mass is 10.2. The Morgan fingerprint density at radius 3 is 1.96 bits per heavy atom. The zero-order chi connectivity index (χ0) is 18.7. The average molecular weight is 358 g/mol. The second-order valence-corrected chi connectivity index (χ2v) is 5.58. The Bertz CT molecular complexity index is 920. The van der Waals surface area contributed by atoms with E-state index in [1.165, 1.54) is 0 Å². The largest absolute Gasteiger partial charge is 0.493 e. The molecule has 0 fully saturated rings. The summed E-state index contributed by atoms with van der Waals surface area (Å²) in [7, 11) is 8.04. The van der Waals surface area contributed by atoms with Crippen molar-refractivity contribution in [3.05, 3.63) is 35.9 Å². The number of hydrogen-bond donors (Lipinski definition) is 0. The van der Waals surface area contributed by atoms with Gasteiger partial charge in [-0.15, -0.1) is 5.10 Å². The summed E-state index contributed by atoms with van der Waals surface area (Å²) in [6, 6.07) is 9.54. The van der Waals surface area contributed by atoms with Crippen molar-refractivity contribution in [1.82, 2.24) is 9.78 Å². The molecule has 0 unspecified atom stereocenters. The van der Waals surface area contributed by atoms with E-state index in [-0.39, 0.29) is 0 Å². The molecule has 7 heteroatoms. The van der Waals surface area contributed by atoms with Crippen LogP contribution in [0.25, 0.3) is 10.9 Å².